The van der Waals surface area contributed by atoms with Crippen LogP contribution in [0.1, 0.15) is 94.1 Å². The number of thiophene rings is 1. The molecule has 1 aromatic carbocycles. The summed E-state index contributed by atoms with van der Waals surface area (Å²) in [5.74, 6) is -0.143. The van der Waals surface area contributed by atoms with Crippen molar-refractivity contribution in [3.63, 3.8) is 0 Å². The second kappa shape index (κ2) is 16.9. The highest BCUT2D eigenvalue weighted by molar-refractivity contribution is 8.00. The van der Waals surface area contributed by atoms with Crippen molar-refractivity contribution in [3.05, 3.63) is 92.9 Å². The summed E-state index contributed by atoms with van der Waals surface area (Å²) in [5, 5.41) is 23.0. The zero-order valence-electron chi connectivity index (χ0n) is 28.9. The number of allylic oxidation sites excluding steroid dienone is 4. The minimum Gasteiger partial charge on any atom is -0.507 e. The van der Waals surface area contributed by atoms with Crippen molar-refractivity contribution in [2.24, 2.45) is 11.8 Å². The zero-order valence-corrected chi connectivity index (χ0v) is 30.5. The van der Waals surface area contributed by atoms with E-state index in [4.69, 9.17) is 4.74 Å². The minimum absolute atomic E-state index is 0.00608. The average Bonchev–Trinajstić information content (AvgIpc) is 3.57. The first kappa shape index (κ1) is 36.7. The van der Waals surface area contributed by atoms with Crippen LogP contribution in [0, 0.1) is 11.8 Å². The van der Waals surface area contributed by atoms with Gasteiger partial charge in [0.2, 0.25) is 5.91 Å². The maximum atomic E-state index is 13.1. The van der Waals surface area contributed by atoms with Crippen LogP contribution in [-0.4, -0.2) is 50.5 Å². The SMILES string of the molecule is C=C(C)[C@@H]1CCC(C)=C[C@H]1c1c(O)cc(CCCCC)cc1OC/C=C/CCC1=C(C(=O)O)N2C(=O)[C@@H](CC(=O)Cc3cccs3)[C@H]2SC1. The lowest BCUT2D eigenvalue weighted by atomic mass is 9.73. The van der Waals surface area contributed by atoms with Gasteiger partial charge in [-0.3, -0.25) is 14.5 Å². The molecule has 3 heterocycles. The normalized spacial score (nSPS) is 22.1. The van der Waals surface area contributed by atoms with Crippen molar-refractivity contribution >= 4 is 40.8 Å². The number of benzene rings is 1. The smallest absolute Gasteiger partial charge is 0.352 e. The van der Waals surface area contributed by atoms with Crippen LogP contribution < -0.4 is 4.74 Å². The van der Waals surface area contributed by atoms with E-state index in [1.807, 2.05) is 35.7 Å². The van der Waals surface area contributed by atoms with Gasteiger partial charge < -0.3 is 14.9 Å². The number of thioether (sulfide) groups is 1. The standard InChI is InChI=1S/C40H49NO6S2/c1-5-6-8-12-27-20-34(43)36(32-19-26(4)15-16-31(32)25(2)3)35(21-27)47-17-10-7-9-13-28-24-49-39-33(38(44)41(39)37(28)40(45)46)23-29(42)22-30-14-11-18-48-30/h7,10-11,14,18-21,31-33,39,43H,2,5-6,8-9,12-13,15-17,22-24H2,1,3-4H3,(H,45,46)/b10-7+/t31-,32+,33+,39+/m0/s1. The average molecular weight is 704 g/mol. The molecular formula is C40H49NO6S2. The number of carboxylic acid groups (broad SMARTS) is 1. The molecule has 0 spiro atoms. The number of hydrogen-bond acceptors (Lipinski definition) is 7. The molecule has 2 aromatic rings. The van der Waals surface area contributed by atoms with Crippen molar-refractivity contribution in [1.82, 2.24) is 4.90 Å². The monoisotopic (exact) mass is 703 g/mol. The van der Waals surface area contributed by atoms with Crippen LogP contribution in [0.3, 0.4) is 0 Å². The van der Waals surface area contributed by atoms with E-state index in [2.05, 4.69) is 39.5 Å². The molecule has 1 amide bonds. The summed E-state index contributed by atoms with van der Waals surface area (Å²) in [5.41, 5.74) is 5.09. The number of ketones is 1. The highest BCUT2D eigenvalue weighted by Crippen LogP contribution is 2.48. The van der Waals surface area contributed by atoms with E-state index in [0.717, 1.165) is 65.7 Å². The molecule has 262 valence electrons. The Hall–Kier alpha value is -3.56. The van der Waals surface area contributed by atoms with Crippen LogP contribution in [0.4, 0.5) is 0 Å². The molecule has 1 aliphatic carbocycles. The summed E-state index contributed by atoms with van der Waals surface area (Å²) in [6.45, 7) is 11.0. The number of phenols is 1. The summed E-state index contributed by atoms with van der Waals surface area (Å²) >= 11 is 3.07. The van der Waals surface area contributed by atoms with Gasteiger partial charge in [-0.15, -0.1) is 23.1 Å². The molecule has 5 rings (SSSR count). The Kier molecular flexibility index (Phi) is 12.7. The first-order valence-corrected chi connectivity index (χ1v) is 19.4. The molecule has 1 fully saturated rings. The number of fused-ring (bicyclic) bond motifs is 1. The van der Waals surface area contributed by atoms with Crippen molar-refractivity contribution in [2.45, 2.75) is 96.3 Å². The predicted molar refractivity (Wildman–Crippen MR) is 198 cm³/mol. The Balaban J connectivity index is 1.23. The van der Waals surface area contributed by atoms with Crippen LogP contribution in [-0.2, 0) is 27.2 Å². The summed E-state index contributed by atoms with van der Waals surface area (Å²) in [6, 6.07) is 7.79. The molecule has 49 heavy (non-hydrogen) atoms. The highest BCUT2D eigenvalue weighted by atomic mass is 32.2. The number of carboxylic acids is 1. The molecule has 0 bridgehead atoms. The first-order chi connectivity index (χ1) is 23.6. The van der Waals surface area contributed by atoms with E-state index in [1.54, 1.807) is 11.8 Å². The maximum absolute atomic E-state index is 13.1. The van der Waals surface area contributed by atoms with Gasteiger partial charge in [-0.25, -0.2) is 4.79 Å². The van der Waals surface area contributed by atoms with Gasteiger partial charge in [0.1, 0.15) is 29.6 Å². The van der Waals surface area contributed by atoms with Gasteiger partial charge in [0.25, 0.3) is 0 Å². The van der Waals surface area contributed by atoms with Crippen molar-refractivity contribution in [2.75, 3.05) is 12.4 Å². The Labute approximate surface area is 298 Å². The number of carbonyl (C=O) groups is 3. The Morgan fingerprint density at radius 2 is 2.00 bits per heavy atom. The molecular weight excluding hydrogens is 655 g/mol. The number of phenolic OH excluding ortho intramolecular Hbond substituents is 1. The van der Waals surface area contributed by atoms with E-state index < -0.39 is 11.9 Å². The Bertz CT molecular complexity index is 1640. The molecule has 4 atom stereocenters. The fourth-order valence-corrected chi connectivity index (χ4v) is 9.46. The lowest BCUT2D eigenvalue weighted by Gasteiger charge is -2.49. The van der Waals surface area contributed by atoms with Crippen LogP contribution in [0.2, 0.25) is 0 Å². The second-order valence-corrected chi connectivity index (χ2v) is 15.7. The van der Waals surface area contributed by atoms with Gasteiger partial charge in [0.15, 0.2) is 0 Å². The van der Waals surface area contributed by atoms with Crippen molar-refractivity contribution < 1.29 is 29.3 Å². The number of aliphatic carboxylic acids is 1. The summed E-state index contributed by atoms with van der Waals surface area (Å²) < 4.78 is 6.37. The fourth-order valence-electron chi connectivity index (χ4n) is 7.27. The summed E-state index contributed by atoms with van der Waals surface area (Å²) in [7, 11) is 0. The number of nitrogens with zero attached hydrogens (tertiary/aromatic N) is 1. The molecule has 3 aliphatic rings. The summed E-state index contributed by atoms with van der Waals surface area (Å²) in [4.78, 5) is 40.4. The molecule has 1 saturated heterocycles. The van der Waals surface area contributed by atoms with Gasteiger partial charge in [0.05, 0.1) is 11.3 Å². The number of Topliss-reactive ketones (excluding diaryl/α,β-unsaturated/α-hetero) is 1. The van der Waals surface area contributed by atoms with Crippen LogP contribution in [0.25, 0.3) is 0 Å². The van der Waals surface area contributed by atoms with Gasteiger partial charge in [0, 0.05) is 35.0 Å². The lowest BCUT2D eigenvalue weighted by Crippen LogP contribution is -2.61. The van der Waals surface area contributed by atoms with Crippen molar-refractivity contribution in [1.29, 1.82) is 0 Å². The first-order valence-electron chi connectivity index (χ1n) is 17.5. The number of aromatic hydroxyl groups is 1. The summed E-state index contributed by atoms with van der Waals surface area (Å²) in [6.07, 6.45) is 13.9. The molecule has 7 nitrogen and oxygen atoms in total. The van der Waals surface area contributed by atoms with Gasteiger partial charge in [-0.1, -0.05) is 61.8 Å². The minimum atomic E-state index is -1.10. The van der Waals surface area contributed by atoms with Crippen LogP contribution >= 0.6 is 23.1 Å². The molecule has 0 radical (unpaired) electrons. The molecule has 0 saturated carbocycles. The topological polar surface area (TPSA) is 104 Å². The zero-order chi connectivity index (χ0) is 35.1. The van der Waals surface area contributed by atoms with Gasteiger partial charge in [-0.05, 0) is 93.0 Å². The van der Waals surface area contributed by atoms with Crippen molar-refractivity contribution in [3.8, 4) is 11.5 Å². The van der Waals surface area contributed by atoms with Gasteiger partial charge >= 0.3 is 5.97 Å². The lowest BCUT2D eigenvalue weighted by molar-refractivity contribution is -0.154. The number of ether oxygens (including phenoxy) is 1. The quantitative estimate of drug-likeness (QED) is 0.0963. The van der Waals surface area contributed by atoms with Crippen LogP contribution in [0.15, 0.2) is 76.9 Å². The number of hydrogen-bond donors (Lipinski definition) is 2. The molecule has 9 heteroatoms. The highest BCUT2D eigenvalue weighted by Gasteiger charge is 2.53. The number of amides is 1. The number of carbonyl (C=O) groups excluding carboxylic acids is 2. The Morgan fingerprint density at radius 1 is 1.18 bits per heavy atom. The number of unbranched alkanes of at least 4 members (excludes halogenated alkanes) is 2. The van der Waals surface area contributed by atoms with E-state index in [-0.39, 0.29) is 46.8 Å². The number of rotatable bonds is 17. The van der Waals surface area contributed by atoms with Crippen LogP contribution in [0.5, 0.6) is 11.5 Å². The largest absolute Gasteiger partial charge is 0.507 e. The third-order valence-corrected chi connectivity index (χ3v) is 12.1. The third kappa shape index (κ3) is 8.79. The maximum Gasteiger partial charge on any atom is 0.352 e. The molecule has 0 unspecified atom stereocenters. The van der Waals surface area contributed by atoms with Gasteiger partial charge in [-0.2, -0.15) is 0 Å². The number of aryl methyl sites for hydroxylation is 1. The number of β-lactam (4-membered cyclic amide) rings is 1. The van der Waals surface area contributed by atoms with E-state index >= 15 is 0 Å². The Morgan fingerprint density at radius 3 is 2.71 bits per heavy atom. The fraction of sp³-hybridized carbons (Fsp3) is 0.475. The van der Waals surface area contributed by atoms with E-state index in [1.165, 1.54) is 21.8 Å². The molecule has 1 aromatic heterocycles. The molecule has 2 N–H and O–H groups in total. The predicted octanol–water partition coefficient (Wildman–Crippen LogP) is 8.99. The second-order valence-electron chi connectivity index (χ2n) is 13.6. The third-order valence-electron chi connectivity index (χ3n) is 9.84. The van der Waals surface area contributed by atoms with E-state index in [9.17, 15) is 24.6 Å². The van der Waals surface area contributed by atoms with E-state index in [0.29, 0.717) is 37.4 Å². The molecule has 2 aliphatic heterocycles.